The summed E-state index contributed by atoms with van der Waals surface area (Å²) in [7, 11) is 0. The van der Waals surface area contributed by atoms with Gasteiger partial charge in [-0.15, -0.1) is 24.8 Å². The van der Waals surface area contributed by atoms with Gasteiger partial charge in [0.2, 0.25) is 0 Å². The van der Waals surface area contributed by atoms with Crippen LogP contribution in [0, 0.1) is 3.57 Å². The number of fused-ring (bicyclic) bond motifs is 1. The van der Waals surface area contributed by atoms with Crippen LogP contribution in [0.2, 0.25) is 9.26 Å². The molecule has 1 nitrogen and oxygen atoms in total. The first-order valence-electron chi connectivity index (χ1n) is 8.88. The van der Waals surface area contributed by atoms with E-state index in [0.717, 1.165) is 0 Å². The first kappa shape index (κ1) is 25.6. The van der Waals surface area contributed by atoms with Crippen LogP contribution in [0.1, 0.15) is 41.1 Å². The Morgan fingerprint density at radius 2 is 1.52 bits per heavy atom. The summed E-state index contributed by atoms with van der Waals surface area (Å²) in [6.07, 6.45) is 2.43. The zero-order valence-corrected chi connectivity index (χ0v) is 24.3. The zero-order valence-electron chi connectivity index (χ0n) is 16.7. The molecule has 0 amide bonds. The van der Waals surface area contributed by atoms with Gasteiger partial charge in [0.25, 0.3) is 0 Å². The third-order valence-corrected chi connectivity index (χ3v) is 18.9. The predicted molar refractivity (Wildman–Crippen MR) is 134 cm³/mol. The molecule has 1 N–H and O–H groups in total. The fourth-order valence-electron chi connectivity index (χ4n) is 4.52. The van der Waals surface area contributed by atoms with Crippen molar-refractivity contribution in [1.29, 1.82) is 0 Å². The number of rotatable bonds is 3. The first-order valence-corrected chi connectivity index (χ1v) is 23.4. The van der Waals surface area contributed by atoms with Crippen LogP contribution in [0.3, 0.4) is 0 Å². The molecular weight excluding hydrogens is 583 g/mol. The fraction of sp³-hybridized carbons (Fsp3) is 0.333. The van der Waals surface area contributed by atoms with E-state index in [4.69, 9.17) is 0 Å². The molecule has 0 radical (unpaired) electrons. The van der Waals surface area contributed by atoms with Crippen molar-refractivity contribution < 1.29 is 17.7 Å². The van der Waals surface area contributed by atoms with Gasteiger partial charge in [-0.1, -0.05) is 0 Å². The van der Waals surface area contributed by atoms with E-state index in [2.05, 4.69) is 117 Å². The molecule has 6 heteroatoms. The third-order valence-electron chi connectivity index (χ3n) is 4.82. The molecule has 0 saturated carbocycles. The number of benzene rings is 2. The number of halogens is 3. The van der Waals surface area contributed by atoms with Crippen LogP contribution in [0.15, 0.2) is 48.5 Å². The van der Waals surface area contributed by atoms with Gasteiger partial charge < -0.3 is 0 Å². The van der Waals surface area contributed by atoms with Gasteiger partial charge in [-0.2, -0.15) is 0 Å². The van der Waals surface area contributed by atoms with Crippen LogP contribution >= 0.6 is 47.4 Å². The number of allylic oxidation sites excluding steroid dienone is 1. The van der Waals surface area contributed by atoms with E-state index >= 15 is 0 Å². The molecule has 2 aromatic rings. The van der Waals surface area contributed by atoms with Crippen molar-refractivity contribution in [3.63, 3.8) is 0 Å². The number of hydrogen-bond acceptors (Lipinski definition) is 1. The van der Waals surface area contributed by atoms with Gasteiger partial charge in [-0.25, -0.2) is 0 Å². The summed E-state index contributed by atoms with van der Waals surface area (Å²) in [6.45, 7) is 9.20. The van der Waals surface area contributed by atoms with E-state index in [0.29, 0.717) is 3.63 Å². The first-order chi connectivity index (χ1) is 11.4. The van der Waals surface area contributed by atoms with Crippen LogP contribution in [-0.4, -0.2) is 12.4 Å². The second-order valence-corrected chi connectivity index (χ2v) is 39.3. The molecule has 1 unspecified atom stereocenters. The second kappa shape index (κ2) is 8.73. The molecule has 0 spiro atoms. The monoisotopic (exact) mass is 611 g/mol. The Labute approximate surface area is 193 Å². The maximum atomic E-state index is 4.15. The standard InChI is InChI=1S/C15H10I.C4H10N.2CH3.2ClH.H2Si.Zr/c16-15-7-5-11(6-8-15)14-9-12-3-1-2-4-13(12)10-14;1-4(2,3)5;;;;;;/h1-10H;5H,1-3H3;2*1H3;2*1H;1H2;/q;-1;;;;;;+1. The maximum Gasteiger partial charge on any atom is -0.147 e. The minimum Gasteiger partial charge on any atom is -0.147 e. The van der Waals surface area contributed by atoms with Gasteiger partial charge in [-0.05, 0) is 0 Å². The van der Waals surface area contributed by atoms with Crippen LogP contribution in [-0.2, 0) is 17.7 Å². The van der Waals surface area contributed by atoms with Gasteiger partial charge in [0, 0.05) is 0 Å². The van der Waals surface area contributed by atoms with Crippen LogP contribution < -0.4 is 3.26 Å². The average Bonchev–Trinajstić information content (AvgIpc) is 2.85. The van der Waals surface area contributed by atoms with Crippen molar-refractivity contribution >= 4 is 65.9 Å². The number of hydrogen-bond donors (Lipinski definition) is 1. The van der Waals surface area contributed by atoms with E-state index < -0.39 is 17.7 Å². The van der Waals surface area contributed by atoms with Crippen molar-refractivity contribution in [2.75, 3.05) is 0 Å². The van der Waals surface area contributed by atoms with Crippen molar-refractivity contribution in [2.45, 2.75) is 39.2 Å². The molecule has 0 bridgehead atoms. The van der Waals surface area contributed by atoms with Gasteiger partial charge in [0.05, 0.1) is 0 Å². The molecule has 0 saturated heterocycles. The van der Waals surface area contributed by atoms with Gasteiger partial charge in [0.15, 0.2) is 0 Å². The molecule has 148 valence electrons. The van der Waals surface area contributed by atoms with Gasteiger partial charge >= 0.3 is 170 Å². The zero-order chi connectivity index (χ0) is 18.5. The Morgan fingerprint density at radius 3 is 2.07 bits per heavy atom. The quantitative estimate of drug-likeness (QED) is 0.314. The van der Waals surface area contributed by atoms with E-state index in [9.17, 15) is 0 Å². The van der Waals surface area contributed by atoms with Crippen molar-refractivity contribution in [2.24, 2.45) is 0 Å². The van der Waals surface area contributed by atoms with E-state index in [-0.39, 0.29) is 30.4 Å². The Bertz CT molecular complexity index is 911. The second-order valence-electron chi connectivity index (χ2n) is 9.35. The summed E-state index contributed by atoms with van der Waals surface area (Å²) in [5, 5.41) is 0. The fourth-order valence-corrected chi connectivity index (χ4v) is 23.2. The predicted octanol–water partition coefficient (Wildman–Crippen LogP) is 6.37. The Balaban J connectivity index is 0.00000182. The smallest absolute Gasteiger partial charge is 0.147 e. The van der Waals surface area contributed by atoms with Gasteiger partial charge in [-0.3, -0.25) is 0 Å². The summed E-state index contributed by atoms with van der Waals surface area (Å²) >= 11 is -0.860. The topological polar surface area (TPSA) is 12.0 Å². The molecule has 3 rings (SSSR count). The van der Waals surface area contributed by atoms with E-state index in [1.807, 2.05) is 0 Å². The molecule has 0 fully saturated rings. The Morgan fingerprint density at radius 1 is 0.963 bits per heavy atom. The SMILES string of the molecule is CC(C)(C)[NH][Zr]([CH3])([CH3])(=[SiH2])[CH]1C(c2ccc(I)cc2)=Cc2ccccc21.Cl.Cl. The van der Waals surface area contributed by atoms with Crippen LogP contribution in [0.25, 0.3) is 11.6 Å². The minimum atomic E-state index is -3.24. The van der Waals surface area contributed by atoms with E-state index in [1.54, 1.807) is 0 Å². The average molecular weight is 614 g/mol. The molecule has 1 atom stereocenters. The molecule has 0 aliphatic heterocycles. The summed E-state index contributed by atoms with van der Waals surface area (Å²) in [4.78, 5) is 0. The maximum absolute atomic E-state index is 4.15. The van der Waals surface area contributed by atoms with Crippen molar-refractivity contribution in [3.8, 4) is 0 Å². The molecule has 1 aliphatic carbocycles. The summed E-state index contributed by atoms with van der Waals surface area (Å²) in [5.41, 5.74) is 5.91. The molecule has 1 aliphatic rings. The molecule has 0 aromatic heterocycles. The largest absolute Gasteiger partial charge is 0.147 e. The summed E-state index contributed by atoms with van der Waals surface area (Å²) < 4.78 is 11.1. The number of nitrogens with one attached hydrogen (secondary N) is 1. The summed E-state index contributed by atoms with van der Waals surface area (Å²) in [6, 6.07) is 18.0. The molecular formula is C21H30Cl2INSiZr. The molecule has 0 heterocycles. The van der Waals surface area contributed by atoms with Crippen LogP contribution in [0.5, 0.6) is 0 Å². The van der Waals surface area contributed by atoms with Gasteiger partial charge in [0.1, 0.15) is 0 Å². The molecule has 27 heavy (non-hydrogen) atoms. The molecule has 2 aromatic carbocycles. The Hall–Kier alpha value is 0.550. The Kier molecular flexibility index (Phi) is 8.28. The van der Waals surface area contributed by atoms with Crippen molar-refractivity contribution in [3.05, 3.63) is 68.8 Å². The van der Waals surface area contributed by atoms with E-state index in [1.165, 1.54) is 25.8 Å². The third kappa shape index (κ3) is 5.79. The minimum absolute atomic E-state index is 0. The summed E-state index contributed by atoms with van der Waals surface area (Å²) in [5.74, 6) is 0. The normalized spacial score (nSPS) is 16.7. The van der Waals surface area contributed by atoms with Crippen LogP contribution in [0.4, 0.5) is 0 Å². The van der Waals surface area contributed by atoms with Crippen molar-refractivity contribution in [1.82, 2.24) is 3.26 Å².